The first kappa shape index (κ1) is 14.1. The van der Waals surface area contributed by atoms with E-state index in [2.05, 4.69) is 12.2 Å². The molecule has 0 bridgehead atoms. The van der Waals surface area contributed by atoms with Crippen molar-refractivity contribution in [3.05, 3.63) is 29.8 Å². The molecule has 0 amide bonds. The lowest BCUT2D eigenvalue weighted by Crippen LogP contribution is -2.16. The molecule has 104 valence electrons. The van der Waals surface area contributed by atoms with Crippen molar-refractivity contribution in [1.29, 1.82) is 0 Å². The van der Waals surface area contributed by atoms with Crippen LogP contribution >= 0.6 is 0 Å². The summed E-state index contributed by atoms with van der Waals surface area (Å²) >= 11 is 0. The van der Waals surface area contributed by atoms with Crippen LogP contribution in [0.1, 0.15) is 56.3 Å². The van der Waals surface area contributed by atoms with Crippen LogP contribution in [-0.4, -0.2) is 12.3 Å². The van der Waals surface area contributed by atoms with Gasteiger partial charge in [0.25, 0.3) is 0 Å². The number of carbonyl (C=O) groups is 1. The third kappa shape index (κ3) is 4.38. The quantitative estimate of drug-likeness (QED) is 0.788. The maximum atomic E-state index is 11.2. The number of nitrogens with one attached hydrogen (secondary N) is 1. The van der Waals surface area contributed by atoms with Crippen molar-refractivity contribution < 1.29 is 4.79 Å². The van der Waals surface area contributed by atoms with E-state index in [9.17, 15) is 4.79 Å². The zero-order valence-corrected chi connectivity index (χ0v) is 12.1. The number of anilines is 1. The van der Waals surface area contributed by atoms with Gasteiger partial charge in [0.1, 0.15) is 0 Å². The minimum absolute atomic E-state index is 0.128. The van der Waals surface area contributed by atoms with Crippen LogP contribution in [0.5, 0.6) is 0 Å². The third-order valence-electron chi connectivity index (χ3n) is 4.22. The average Bonchev–Trinajstić information content (AvgIpc) is 2.39. The van der Waals surface area contributed by atoms with Crippen molar-refractivity contribution in [2.45, 2.75) is 46.0 Å². The van der Waals surface area contributed by atoms with E-state index in [1.807, 2.05) is 24.3 Å². The number of hydrogen-bond acceptors (Lipinski definition) is 2. The van der Waals surface area contributed by atoms with Crippen LogP contribution in [0.15, 0.2) is 24.3 Å². The highest BCUT2D eigenvalue weighted by molar-refractivity contribution is 5.94. The fourth-order valence-electron chi connectivity index (χ4n) is 3.07. The molecule has 1 saturated carbocycles. The van der Waals surface area contributed by atoms with Gasteiger partial charge in [-0.05, 0) is 55.9 Å². The Labute approximate surface area is 116 Å². The van der Waals surface area contributed by atoms with Crippen molar-refractivity contribution in [2.24, 2.45) is 11.8 Å². The highest BCUT2D eigenvalue weighted by atomic mass is 16.1. The van der Waals surface area contributed by atoms with E-state index in [4.69, 9.17) is 0 Å². The van der Waals surface area contributed by atoms with Crippen LogP contribution < -0.4 is 5.32 Å². The van der Waals surface area contributed by atoms with Gasteiger partial charge in [-0.1, -0.05) is 26.2 Å². The van der Waals surface area contributed by atoms with Crippen LogP contribution in [0.3, 0.4) is 0 Å². The molecule has 2 unspecified atom stereocenters. The van der Waals surface area contributed by atoms with E-state index in [0.717, 1.165) is 29.6 Å². The minimum atomic E-state index is 0.128. The number of hydrogen-bond donors (Lipinski definition) is 1. The number of benzene rings is 1. The van der Waals surface area contributed by atoms with Gasteiger partial charge in [-0.2, -0.15) is 0 Å². The highest BCUT2D eigenvalue weighted by Gasteiger charge is 2.18. The molecule has 1 aliphatic carbocycles. The van der Waals surface area contributed by atoms with Crippen molar-refractivity contribution in [1.82, 2.24) is 0 Å². The predicted molar refractivity (Wildman–Crippen MR) is 80.7 cm³/mol. The van der Waals surface area contributed by atoms with Crippen LogP contribution in [0.4, 0.5) is 5.69 Å². The number of rotatable bonds is 5. The first-order valence-corrected chi connectivity index (χ1v) is 7.50. The molecule has 2 heteroatoms. The standard InChI is InChI=1S/C17H25NO/c1-13-4-3-5-15(12-13)10-11-18-17-8-6-16(7-9-17)14(2)19/h6-9,13,15,18H,3-5,10-12H2,1-2H3. The van der Waals surface area contributed by atoms with E-state index in [1.165, 1.54) is 32.1 Å². The second-order valence-electron chi connectivity index (χ2n) is 5.99. The predicted octanol–water partition coefficient (Wildman–Crippen LogP) is 4.52. The minimum Gasteiger partial charge on any atom is -0.385 e. The average molecular weight is 259 g/mol. The molecule has 1 aromatic rings. The molecule has 0 heterocycles. The maximum absolute atomic E-state index is 11.2. The monoisotopic (exact) mass is 259 g/mol. The van der Waals surface area contributed by atoms with Crippen molar-refractivity contribution >= 4 is 11.5 Å². The normalized spacial score (nSPS) is 23.1. The summed E-state index contributed by atoms with van der Waals surface area (Å²) < 4.78 is 0. The highest BCUT2D eigenvalue weighted by Crippen LogP contribution is 2.30. The van der Waals surface area contributed by atoms with Gasteiger partial charge in [0.05, 0.1) is 0 Å². The van der Waals surface area contributed by atoms with E-state index >= 15 is 0 Å². The van der Waals surface area contributed by atoms with Gasteiger partial charge in [0, 0.05) is 17.8 Å². The molecule has 0 aliphatic heterocycles. The molecular weight excluding hydrogens is 234 g/mol. The summed E-state index contributed by atoms with van der Waals surface area (Å²) in [6, 6.07) is 7.79. The number of Topliss-reactive ketones (excluding diaryl/α,β-unsaturated/α-hetero) is 1. The molecule has 2 atom stereocenters. The fourth-order valence-corrected chi connectivity index (χ4v) is 3.07. The Kier molecular flexibility index (Phi) is 5.00. The first-order valence-electron chi connectivity index (χ1n) is 7.50. The molecule has 0 aromatic heterocycles. The summed E-state index contributed by atoms with van der Waals surface area (Å²) in [6.45, 7) is 5.02. The molecule has 0 radical (unpaired) electrons. The van der Waals surface area contributed by atoms with E-state index in [1.54, 1.807) is 6.92 Å². The smallest absolute Gasteiger partial charge is 0.159 e. The lowest BCUT2D eigenvalue weighted by Gasteiger charge is -2.26. The van der Waals surface area contributed by atoms with Crippen LogP contribution in [0.25, 0.3) is 0 Å². The molecule has 2 rings (SSSR count). The summed E-state index contributed by atoms with van der Waals surface area (Å²) in [7, 11) is 0. The Balaban J connectivity index is 1.74. The van der Waals surface area contributed by atoms with E-state index < -0.39 is 0 Å². The third-order valence-corrected chi connectivity index (χ3v) is 4.22. The lowest BCUT2D eigenvalue weighted by molar-refractivity contribution is 0.101. The van der Waals surface area contributed by atoms with Crippen LogP contribution in [0.2, 0.25) is 0 Å². The van der Waals surface area contributed by atoms with Crippen LogP contribution in [0, 0.1) is 11.8 Å². The Bertz CT molecular complexity index is 410. The lowest BCUT2D eigenvalue weighted by atomic mass is 9.81. The molecule has 1 aliphatic rings. The Hall–Kier alpha value is -1.31. The zero-order valence-electron chi connectivity index (χ0n) is 12.1. The summed E-state index contributed by atoms with van der Waals surface area (Å²) in [6.07, 6.45) is 6.87. The van der Waals surface area contributed by atoms with Crippen molar-refractivity contribution in [3.63, 3.8) is 0 Å². The second kappa shape index (κ2) is 6.74. The van der Waals surface area contributed by atoms with Gasteiger partial charge in [-0.25, -0.2) is 0 Å². The molecule has 19 heavy (non-hydrogen) atoms. The van der Waals surface area contributed by atoms with Crippen molar-refractivity contribution in [3.8, 4) is 0 Å². The SMILES string of the molecule is CC(=O)c1ccc(NCCC2CCCC(C)C2)cc1. The molecule has 1 fully saturated rings. The molecule has 0 saturated heterocycles. The van der Waals surface area contributed by atoms with Gasteiger partial charge in [0.15, 0.2) is 5.78 Å². The first-order chi connectivity index (χ1) is 9.15. The summed E-state index contributed by atoms with van der Waals surface area (Å²) in [5.41, 5.74) is 1.90. The fraction of sp³-hybridized carbons (Fsp3) is 0.588. The van der Waals surface area contributed by atoms with Gasteiger partial charge in [0.2, 0.25) is 0 Å². The number of carbonyl (C=O) groups excluding carboxylic acids is 1. The topological polar surface area (TPSA) is 29.1 Å². The summed E-state index contributed by atoms with van der Waals surface area (Å²) in [4.78, 5) is 11.2. The van der Waals surface area contributed by atoms with E-state index in [-0.39, 0.29) is 5.78 Å². The Morgan fingerprint density at radius 3 is 2.63 bits per heavy atom. The molecule has 2 nitrogen and oxygen atoms in total. The second-order valence-corrected chi connectivity index (χ2v) is 5.99. The van der Waals surface area contributed by atoms with Gasteiger partial charge in [-0.15, -0.1) is 0 Å². The molecule has 0 spiro atoms. The van der Waals surface area contributed by atoms with Gasteiger partial charge in [-0.3, -0.25) is 4.79 Å². The Morgan fingerprint density at radius 2 is 2.00 bits per heavy atom. The van der Waals surface area contributed by atoms with Gasteiger partial charge < -0.3 is 5.32 Å². The number of ketones is 1. The largest absolute Gasteiger partial charge is 0.385 e. The summed E-state index contributed by atoms with van der Waals surface area (Å²) in [5.74, 6) is 1.93. The molecular formula is C17H25NO. The molecule has 1 aromatic carbocycles. The summed E-state index contributed by atoms with van der Waals surface area (Å²) in [5, 5.41) is 3.46. The van der Waals surface area contributed by atoms with E-state index in [0.29, 0.717) is 0 Å². The van der Waals surface area contributed by atoms with Crippen LogP contribution in [-0.2, 0) is 0 Å². The zero-order chi connectivity index (χ0) is 13.7. The van der Waals surface area contributed by atoms with Gasteiger partial charge >= 0.3 is 0 Å². The maximum Gasteiger partial charge on any atom is 0.159 e. The Morgan fingerprint density at radius 1 is 1.26 bits per heavy atom. The van der Waals surface area contributed by atoms with Crippen molar-refractivity contribution in [2.75, 3.05) is 11.9 Å². The molecule has 1 N–H and O–H groups in total.